The molecule has 0 bridgehead atoms. The molecule has 0 atom stereocenters. The predicted molar refractivity (Wildman–Crippen MR) is 47.9 cm³/mol. The van der Waals surface area contributed by atoms with E-state index in [1.807, 2.05) is 6.07 Å². The molecular formula is C6H3BrN2OS. The van der Waals surface area contributed by atoms with Gasteiger partial charge in [0.1, 0.15) is 4.70 Å². The number of H-pyrrole nitrogens is 1. The van der Waals surface area contributed by atoms with Crippen LogP contribution in [0.4, 0.5) is 0 Å². The summed E-state index contributed by atoms with van der Waals surface area (Å²) >= 11 is 4.71. The van der Waals surface area contributed by atoms with E-state index in [2.05, 4.69) is 26.1 Å². The first-order valence-electron chi connectivity index (χ1n) is 2.90. The van der Waals surface area contributed by atoms with Crippen LogP contribution in [-0.2, 0) is 0 Å². The lowest BCUT2D eigenvalue weighted by atomic mass is 10.4. The molecule has 2 aromatic heterocycles. The van der Waals surface area contributed by atoms with Crippen molar-refractivity contribution in [2.45, 2.75) is 0 Å². The summed E-state index contributed by atoms with van der Waals surface area (Å²) < 4.78 is 1.66. The average molecular weight is 231 g/mol. The van der Waals surface area contributed by atoms with Gasteiger partial charge in [0.05, 0.1) is 9.98 Å². The molecule has 2 rings (SSSR count). The number of nitrogens with zero attached hydrogens (tertiary/aromatic N) is 1. The minimum absolute atomic E-state index is 0.127. The van der Waals surface area contributed by atoms with Crippen molar-refractivity contribution in [2.75, 3.05) is 0 Å². The number of hydrogen-bond acceptors (Lipinski definition) is 3. The highest BCUT2D eigenvalue weighted by atomic mass is 79.9. The normalized spacial score (nSPS) is 10.6. The van der Waals surface area contributed by atoms with Crippen LogP contribution >= 0.6 is 27.3 Å². The van der Waals surface area contributed by atoms with Gasteiger partial charge in [-0.3, -0.25) is 4.79 Å². The van der Waals surface area contributed by atoms with Crippen LogP contribution in [0.5, 0.6) is 0 Å². The summed E-state index contributed by atoms with van der Waals surface area (Å²) in [6, 6.07) is 1.88. The molecule has 0 fully saturated rings. The van der Waals surface area contributed by atoms with Crippen LogP contribution in [0.15, 0.2) is 20.8 Å². The molecule has 0 spiro atoms. The SMILES string of the molecule is O=c1[nH]ncc2cc(Br)sc12. The van der Waals surface area contributed by atoms with Gasteiger partial charge in [-0.1, -0.05) is 0 Å². The van der Waals surface area contributed by atoms with E-state index in [1.165, 1.54) is 11.3 Å². The minimum Gasteiger partial charge on any atom is -0.266 e. The average Bonchev–Trinajstić information content (AvgIpc) is 2.31. The first-order valence-corrected chi connectivity index (χ1v) is 4.51. The monoisotopic (exact) mass is 230 g/mol. The highest BCUT2D eigenvalue weighted by Gasteiger charge is 2.01. The maximum atomic E-state index is 11.1. The molecule has 0 aliphatic rings. The summed E-state index contributed by atoms with van der Waals surface area (Å²) in [6.45, 7) is 0. The van der Waals surface area contributed by atoms with Crippen LogP contribution in [0, 0.1) is 0 Å². The van der Waals surface area contributed by atoms with Gasteiger partial charge < -0.3 is 0 Å². The van der Waals surface area contributed by atoms with Crippen molar-refractivity contribution >= 4 is 37.4 Å². The molecule has 0 saturated heterocycles. The van der Waals surface area contributed by atoms with Crippen molar-refractivity contribution in [3.63, 3.8) is 0 Å². The Morgan fingerprint density at radius 3 is 3.18 bits per heavy atom. The largest absolute Gasteiger partial charge is 0.282 e. The Labute approximate surface area is 74.2 Å². The summed E-state index contributed by atoms with van der Waals surface area (Å²) in [4.78, 5) is 11.1. The second kappa shape index (κ2) is 2.42. The number of thiophene rings is 1. The number of fused-ring (bicyclic) bond motifs is 1. The molecular weight excluding hydrogens is 228 g/mol. The molecule has 0 aromatic carbocycles. The Kier molecular flexibility index (Phi) is 1.54. The van der Waals surface area contributed by atoms with Crippen molar-refractivity contribution in [3.05, 3.63) is 26.4 Å². The summed E-state index contributed by atoms with van der Waals surface area (Å²) in [5, 5.41) is 6.93. The van der Waals surface area contributed by atoms with Crippen molar-refractivity contribution in [2.24, 2.45) is 0 Å². The Bertz CT molecular complexity index is 447. The molecule has 3 nitrogen and oxygen atoms in total. The van der Waals surface area contributed by atoms with Gasteiger partial charge in [0.2, 0.25) is 0 Å². The number of aromatic nitrogens is 2. The zero-order valence-corrected chi connectivity index (χ0v) is 7.70. The molecule has 0 aliphatic heterocycles. The minimum atomic E-state index is -0.127. The molecule has 1 N–H and O–H groups in total. The third-order valence-corrected chi connectivity index (χ3v) is 2.96. The van der Waals surface area contributed by atoms with E-state index in [0.717, 1.165) is 9.17 Å². The highest BCUT2D eigenvalue weighted by molar-refractivity contribution is 9.11. The standard InChI is InChI=1S/C6H3BrN2OS/c7-4-1-3-2-8-9-6(10)5(3)11-4/h1-2H,(H,9,10). The smallest absolute Gasteiger partial charge is 0.266 e. The maximum absolute atomic E-state index is 11.1. The maximum Gasteiger partial charge on any atom is 0.282 e. The van der Waals surface area contributed by atoms with E-state index < -0.39 is 0 Å². The van der Waals surface area contributed by atoms with Crippen molar-refractivity contribution in [3.8, 4) is 0 Å². The second-order valence-electron chi connectivity index (χ2n) is 2.03. The fourth-order valence-corrected chi connectivity index (χ4v) is 2.34. The van der Waals surface area contributed by atoms with E-state index in [0.29, 0.717) is 4.70 Å². The highest BCUT2D eigenvalue weighted by Crippen LogP contribution is 2.25. The molecule has 5 heteroatoms. The van der Waals surface area contributed by atoms with Crippen molar-refractivity contribution in [1.82, 2.24) is 10.2 Å². The van der Waals surface area contributed by atoms with E-state index in [9.17, 15) is 4.79 Å². The third-order valence-electron chi connectivity index (χ3n) is 1.31. The van der Waals surface area contributed by atoms with Gasteiger partial charge >= 0.3 is 0 Å². The van der Waals surface area contributed by atoms with Gasteiger partial charge in [-0.15, -0.1) is 11.3 Å². The molecule has 2 aromatic rings. The van der Waals surface area contributed by atoms with E-state index in [-0.39, 0.29) is 5.56 Å². The Morgan fingerprint density at radius 1 is 1.64 bits per heavy atom. The fourth-order valence-electron chi connectivity index (χ4n) is 0.858. The quantitative estimate of drug-likeness (QED) is 0.750. The fraction of sp³-hybridized carbons (Fsp3) is 0. The molecule has 56 valence electrons. The number of rotatable bonds is 0. The summed E-state index contributed by atoms with van der Waals surface area (Å²) in [7, 11) is 0. The molecule has 0 amide bonds. The third kappa shape index (κ3) is 1.10. The molecule has 11 heavy (non-hydrogen) atoms. The number of hydrogen-bond donors (Lipinski definition) is 1. The summed E-state index contributed by atoms with van der Waals surface area (Å²) in [5.41, 5.74) is -0.127. The zero-order chi connectivity index (χ0) is 7.84. The van der Waals surface area contributed by atoms with Crippen LogP contribution < -0.4 is 5.56 Å². The predicted octanol–water partition coefficient (Wildman–Crippen LogP) is 1.75. The van der Waals surface area contributed by atoms with Crippen LogP contribution in [0.1, 0.15) is 0 Å². The topological polar surface area (TPSA) is 45.8 Å². The summed E-state index contributed by atoms with van der Waals surface area (Å²) in [5.74, 6) is 0. The van der Waals surface area contributed by atoms with Gasteiger partial charge in [-0.2, -0.15) is 5.10 Å². The van der Waals surface area contributed by atoms with Gasteiger partial charge in [-0.25, -0.2) is 5.10 Å². The molecule has 0 aliphatic carbocycles. The van der Waals surface area contributed by atoms with Crippen molar-refractivity contribution in [1.29, 1.82) is 0 Å². The molecule has 0 saturated carbocycles. The number of aromatic amines is 1. The molecule has 0 unspecified atom stereocenters. The van der Waals surface area contributed by atoms with Gasteiger partial charge in [0.25, 0.3) is 5.56 Å². The van der Waals surface area contributed by atoms with E-state index in [4.69, 9.17) is 0 Å². The van der Waals surface area contributed by atoms with Crippen LogP contribution in [0.2, 0.25) is 0 Å². The van der Waals surface area contributed by atoms with Crippen LogP contribution in [0.3, 0.4) is 0 Å². The van der Waals surface area contributed by atoms with E-state index >= 15 is 0 Å². The molecule has 2 heterocycles. The van der Waals surface area contributed by atoms with Crippen LogP contribution in [0.25, 0.3) is 10.1 Å². The lowest BCUT2D eigenvalue weighted by Gasteiger charge is -1.82. The lowest BCUT2D eigenvalue weighted by Crippen LogP contribution is -2.04. The van der Waals surface area contributed by atoms with Gasteiger partial charge in [0.15, 0.2) is 0 Å². The first kappa shape index (κ1) is 7.00. The van der Waals surface area contributed by atoms with Gasteiger partial charge in [-0.05, 0) is 22.0 Å². The van der Waals surface area contributed by atoms with Crippen molar-refractivity contribution < 1.29 is 0 Å². The van der Waals surface area contributed by atoms with Crippen LogP contribution in [-0.4, -0.2) is 10.2 Å². The number of nitrogens with one attached hydrogen (secondary N) is 1. The Morgan fingerprint density at radius 2 is 2.45 bits per heavy atom. The Hall–Kier alpha value is -0.680. The van der Waals surface area contributed by atoms with Gasteiger partial charge in [0, 0.05) is 5.39 Å². The first-order chi connectivity index (χ1) is 5.27. The number of halogens is 1. The Balaban J connectivity index is 3.02. The lowest BCUT2D eigenvalue weighted by molar-refractivity contribution is 1.01. The van der Waals surface area contributed by atoms with E-state index in [1.54, 1.807) is 6.20 Å². The summed E-state index contributed by atoms with van der Waals surface area (Å²) in [6.07, 6.45) is 1.64. The second-order valence-corrected chi connectivity index (χ2v) is 4.47. The zero-order valence-electron chi connectivity index (χ0n) is 5.30. The molecule has 0 radical (unpaired) electrons.